The van der Waals surface area contributed by atoms with Gasteiger partial charge in [0.2, 0.25) is 10.0 Å². The van der Waals surface area contributed by atoms with E-state index in [4.69, 9.17) is 5.14 Å². The zero-order chi connectivity index (χ0) is 18.9. The minimum absolute atomic E-state index is 0.0438. The lowest BCUT2D eigenvalue weighted by atomic mass is 10.0. The molecular weight excluding hydrogens is 352 g/mol. The molecule has 1 aromatic heterocycles. The number of carbonyl (C=O) groups excluding carboxylic acids is 1. The quantitative estimate of drug-likeness (QED) is 0.746. The van der Waals surface area contributed by atoms with Crippen LogP contribution in [-0.2, 0) is 10.0 Å². The second kappa shape index (κ2) is 7.05. The van der Waals surface area contributed by atoms with Crippen LogP contribution in [0.5, 0.6) is 0 Å². The first kappa shape index (κ1) is 18.3. The van der Waals surface area contributed by atoms with Crippen LogP contribution in [-0.4, -0.2) is 19.4 Å². The molecule has 1 aliphatic carbocycles. The Bertz CT molecular complexity index is 939. The molecule has 2 amide bonds. The number of hydrogen-bond acceptors (Lipinski definition) is 4. The van der Waals surface area contributed by atoms with Gasteiger partial charge in [-0.2, -0.15) is 0 Å². The second-order valence-electron chi connectivity index (χ2n) is 6.64. The molecule has 0 unspecified atom stereocenters. The number of hydrogen-bond donors (Lipinski definition) is 3. The van der Waals surface area contributed by atoms with Gasteiger partial charge in [-0.3, -0.25) is 4.98 Å². The second-order valence-corrected chi connectivity index (χ2v) is 8.20. The molecule has 1 atom stereocenters. The molecule has 0 bridgehead atoms. The van der Waals surface area contributed by atoms with Crippen LogP contribution >= 0.6 is 0 Å². The predicted octanol–water partition coefficient (Wildman–Crippen LogP) is 2.62. The predicted molar refractivity (Wildman–Crippen MR) is 99.1 cm³/mol. The highest BCUT2D eigenvalue weighted by atomic mass is 32.2. The first-order valence-corrected chi connectivity index (χ1v) is 9.93. The average molecular weight is 374 g/mol. The largest absolute Gasteiger partial charge is 0.329 e. The molecular formula is C18H22N4O3S. The molecule has 26 heavy (non-hydrogen) atoms. The number of nitrogens with one attached hydrogen (secondary N) is 2. The highest BCUT2D eigenvalue weighted by Gasteiger charge is 2.35. The molecule has 0 radical (unpaired) electrons. The fraction of sp³-hybridized carbons (Fsp3) is 0.333. The van der Waals surface area contributed by atoms with Crippen LogP contribution in [0, 0.1) is 19.8 Å². The maximum Gasteiger partial charge on any atom is 0.319 e. The Kier molecular flexibility index (Phi) is 4.97. The Hall–Kier alpha value is -2.45. The number of aromatic nitrogens is 1. The first-order valence-electron chi connectivity index (χ1n) is 8.38. The molecule has 4 N–H and O–H groups in total. The lowest BCUT2D eigenvalue weighted by Gasteiger charge is -2.20. The fourth-order valence-corrected chi connectivity index (χ4v) is 3.41. The summed E-state index contributed by atoms with van der Waals surface area (Å²) in [5, 5.41) is 10.9. The van der Waals surface area contributed by atoms with Crippen molar-refractivity contribution in [1.82, 2.24) is 10.3 Å². The lowest BCUT2D eigenvalue weighted by molar-refractivity contribution is 0.246. The van der Waals surface area contributed by atoms with Crippen molar-refractivity contribution in [3.8, 4) is 0 Å². The fourth-order valence-electron chi connectivity index (χ4n) is 2.87. The van der Waals surface area contributed by atoms with E-state index < -0.39 is 16.1 Å². The lowest BCUT2D eigenvalue weighted by Crippen LogP contribution is -2.34. The van der Waals surface area contributed by atoms with E-state index in [1.54, 1.807) is 19.2 Å². The van der Waals surface area contributed by atoms with Crippen molar-refractivity contribution in [2.24, 2.45) is 11.1 Å². The maximum atomic E-state index is 12.5. The molecule has 1 heterocycles. The van der Waals surface area contributed by atoms with Crippen LogP contribution in [0.15, 0.2) is 41.4 Å². The number of aryl methyl sites for hydroxylation is 2. The number of anilines is 1. The molecule has 1 aromatic carbocycles. The Morgan fingerprint density at radius 3 is 2.58 bits per heavy atom. The summed E-state index contributed by atoms with van der Waals surface area (Å²) in [5.41, 5.74) is 3.03. The van der Waals surface area contributed by atoms with Crippen molar-refractivity contribution in [2.45, 2.75) is 37.6 Å². The molecule has 138 valence electrons. The zero-order valence-electron chi connectivity index (χ0n) is 14.7. The van der Waals surface area contributed by atoms with Crippen molar-refractivity contribution in [1.29, 1.82) is 0 Å². The van der Waals surface area contributed by atoms with Crippen molar-refractivity contribution in [2.75, 3.05) is 5.32 Å². The normalized spacial score (nSPS) is 15.3. The van der Waals surface area contributed by atoms with Gasteiger partial charge in [-0.05, 0) is 61.9 Å². The Balaban J connectivity index is 1.79. The van der Waals surface area contributed by atoms with Crippen molar-refractivity contribution >= 4 is 21.7 Å². The van der Waals surface area contributed by atoms with Crippen molar-refractivity contribution in [3.05, 3.63) is 53.3 Å². The molecule has 2 aromatic rings. The van der Waals surface area contributed by atoms with Gasteiger partial charge in [0.15, 0.2) is 0 Å². The average Bonchev–Trinajstić information content (AvgIpc) is 3.39. The monoisotopic (exact) mass is 374 g/mol. The molecule has 3 rings (SSSR count). The summed E-state index contributed by atoms with van der Waals surface area (Å²) in [6, 6.07) is 7.65. The van der Waals surface area contributed by atoms with Crippen LogP contribution in [0.4, 0.5) is 10.5 Å². The highest BCUT2D eigenvalue weighted by Crippen LogP contribution is 2.41. The maximum absolute atomic E-state index is 12.5. The number of primary sulfonamides is 1. The number of pyridine rings is 1. The highest BCUT2D eigenvalue weighted by molar-refractivity contribution is 7.89. The SMILES string of the molecule is Cc1ccc(S(N)(=O)=O)cc1NC(=O)N[C@H](c1ncccc1C)C1CC1. The smallest absolute Gasteiger partial charge is 0.319 e. The van der Waals surface area contributed by atoms with Gasteiger partial charge in [0.25, 0.3) is 0 Å². The van der Waals surface area contributed by atoms with Gasteiger partial charge in [0.1, 0.15) is 0 Å². The summed E-state index contributed by atoms with van der Waals surface area (Å²) in [4.78, 5) is 16.9. The minimum Gasteiger partial charge on any atom is -0.329 e. The minimum atomic E-state index is -3.83. The van der Waals surface area contributed by atoms with Gasteiger partial charge in [0.05, 0.1) is 16.6 Å². The number of rotatable bonds is 5. The first-order chi connectivity index (χ1) is 12.3. The molecule has 1 aliphatic rings. The Morgan fingerprint density at radius 2 is 1.96 bits per heavy atom. The third kappa shape index (κ3) is 4.20. The van der Waals surface area contributed by atoms with E-state index >= 15 is 0 Å². The van der Waals surface area contributed by atoms with Gasteiger partial charge in [-0.1, -0.05) is 12.1 Å². The molecule has 8 heteroatoms. The summed E-state index contributed by atoms with van der Waals surface area (Å²) in [6.07, 6.45) is 3.80. The zero-order valence-corrected chi connectivity index (χ0v) is 15.5. The van der Waals surface area contributed by atoms with E-state index in [-0.39, 0.29) is 10.9 Å². The third-order valence-corrected chi connectivity index (χ3v) is 5.42. The topological polar surface area (TPSA) is 114 Å². The molecule has 7 nitrogen and oxygen atoms in total. The molecule has 1 fully saturated rings. The summed E-state index contributed by atoms with van der Waals surface area (Å²) in [6.45, 7) is 3.75. The number of carbonyl (C=O) groups is 1. The van der Waals surface area contributed by atoms with E-state index in [1.165, 1.54) is 12.1 Å². The molecule has 1 saturated carbocycles. The van der Waals surface area contributed by atoms with Crippen molar-refractivity contribution < 1.29 is 13.2 Å². The number of nitrogens with zero attached hydrogens (tertiary/aromatic N) is 1. The van der Waals surface area contributed by atoms with Crippen LogP contribution in [0.3, 0.4) is 0 Å². The van der Waals surface area contributed by atoms with Crippen LogP contribution in [0.25, 0.3) is 0 Å². The Morgan fingerprint density at radius 1 is 1.23 bits per heavy atom. The molecule has 0 saturated heterocycles. The summed E-state index contributed by atoms with van der Waals surface area (Å²) < 4.78 is 23.0. The van der Waals surface area contributed by atoms with Gasteiger partial charge < -0.3 is 10.6 Å². The number of sulfonamides is 1. The summed E-state index contributed by atoms with van der Waals surface area (Å²) >= 11 is 0. The van der Waals surface area contributed by atoms with E-state index in [0.717, 1.165) is 29.7 Å². The van der Waals surface area contributed by atoms with Crippen LogP contribution < -0.4 is 15.8 Å². The Labute approximate surface area is 153 Å². The summed E-state index contributed by atoms with van der Waals surface area (Å²) in [5.74, 6) is 0.367. The van der Waals surface area contributed by atoms with Gasteiger partial charge in [0, 0.05) is 11.9 Å². The third-order valence-electron chi connectivity index (χ3n) is 4.51. The van der Waals surface area contributed by atoms with E-state index in [1.807, 2.05) is 19.1 Å². The number of amides is 2. The van der Waals surface area contributed by atoms with E-state index in [2.05, 4.69) is 15.6 Å². The van der Waals surface area contributed by atoms with Crippen LogP contribution in [0.1, 0.15) is 35.7 Å². The molecule has 0 spiro atoms. The van der Waals surface area contributed by atoms with Crippen LogP contribution in [0.2, 0.25) is 0 Å². The number of benzene rings is 1. The molecule has 0 aliphatic heterocycles. The van der Waals surface area contributed by atoms with Gasteiger partial charge >= 0.3 is 6.03 Å². The van der Waals surface area contributed by atoms with Gasteiger partial charge in [-0.15, -0.1) is 0 Å². The number of nitrogens with two attached hydrogens (primary N) is 1. The number of urea groups is 1. The van der Waals surface area contributed by atoms with E-state index in [0.29, 0.717) is 11.6 Å². The van der Waals surface area contributed by atoms with E-state index in [9.17, 15) is 13.2 Å². The van der Waals surface area contributed by atoms with Crippen molar-refractivity contribution in [3.63, 3.8) is 0 Å². The summed E-state index contributed by atoms with van der Waals surface area (Å²) in [7, 11) is -3.83. The standard InChI is InChI=1S/C18H22N4O3S/c1-11-5-8-14(26(19,24)25)10-15(11)21-18(23)22-17(13-6-7-13)16-12(2)4-3-9-20-16/h3-5,8-10,13,17H,6-7H2,1-2H3,(H2,19,24,25)(H2,21,22,23)/t17-/m0/s1. The van der Waals surface area contributed by atoms with Gasteiger partial charge in [-0.25, -0.2) is 18.4 Å².